The van der Waals surface area contributed by atoms with Gasteiger partial charge in [0.25, 0.3) is 0 Å². The molecule has 0 saturated heterocycles. The summed E-state index contributed by atoms with van der Waals surface area (Å²) in [6, 6.07) is 8.44. The number of aryl methyl sites for hydroxylation is 2. The Balaban J connectivity index is 2.24. The molecule has 4 heteroatoms. The molecule has 0 bridgehead atoms. The molecule has 0 atom stereocenters. The fourth-order valence-electron chi connectivity index (χ4n) is 2.61. The Morgan fingerprint density at radius 2 is 1.95 bits per heavy atom. The summed E-state index contributed by atoms with van der Waals surface area (Å²) in [5.74, 6) is 0. The normalized spacial score (nSPS) is 11.3. The number of aromatic nitrogens is 3. The van der Waals surface area contributed by atoms with E-state index in [0.29, 0.717) is 0 Å². The topological polar surface area (TPSA) is 34.8 Å². The van der Waals surface area contributed by atoms with Crippen LogP contribution in [0.15, 0.2) is 36.7 Å². The van der Waals surface area contributed by atoms with Gasteiger partial charge in [0.1, 0.15) is 0 Å². The Morgan fingerprint density at radius 1 is 1.16 bits per heavy atom. The van der Waals surface area contributed by atoms with Gasteiger partial charge < -0.3 is 9.88 Å². The quantitative estimate of drug-likeness (QED) is 0.778. The number of rotatable bonds is 3. The van der Waals surface area contributed by atoms with Crippen molar-refractivity contribution in [1.29, 1.82) is 0 Å². The molecular weight excluding hydrogens is 236 g/mol. The number of nitrogens with zero attached hydrogens (tertiary/aromatic N) is 3. The molecule has 0 unspecified atom stereocenters. The molecule has 3 rings (SSSR count). The van der Waals surface area contributed by atoms with Gasteiger partial charge in [-0.15, -0.1) is 0 Å². The van der Waals surface area contributed by atoms with Crippen LogP contribution in [0.4, 0.5) is 0 Å². The summed E-state index contributed by atoms with van der Waals surface area (Å²) in [6.45, 7) is 0.826. The second kappa shape index (κ2) is 4.55. The van der Waals surface area contributed by atoms with Gasteiger partial charge in [-0.05, 0) is 13.1 Å². The van der Waals surface area contributed by atoms with E-state index in [1.807, 2.05) is 18.8 Å². The lowest BCUT2D eigenvalue weighted by atomic mass is 10.1. The lowest BCUT2D eigenvalue weighted by Gasteiger charge is -2.00. The first-order chi connectivity index (χ1) is 9.20. The minimum Gasteiger partial charge on any atom is -0.350 e. The zero-order valence-corrected chi connectivity index (χ0v) is 11.5. The van der Waals surface area contributed by atoms with Crippen molar-refractivity contribution in [2.45, 2.75) is 6.54 Å². The largest absolute Gasteiger partial charge is 0.350 e. The van der Waals surface area contributed by atoms with Crippen molar-refractivity contribution in [2.75, 3.05) is 7.05 Å². The Hall–Kier alpha value is -2.07. The van der Waals surface area contributed by atoms with Crippen molar-refractivity contribution in [1.82, 2.24) is 19.7 Å². The maximum Gasteiger partial charge on any atom is 0.0989 e. The van der Waals surface area contributed by atoms with Crippen molar-refractivity contribution in [3.05, 3.63) is 42.2 Å². The number of fused-ring (bicyclic) bond motifs is 1. The molecule has 2 aromatic heterocycles. The van der Waals surface area contributed by atoms with Gasteiger partial charge in [0, 0.05) is 55.1 Å². The van der Waals surface area contributed by atoms with E-state index in [4.69, 9.17) is 0 Å². The predicted molar refractivity (Wildman–Crippen MR) is 77.9 cm³/mol. The molecule has 1 N–H and O–H groups in total. The number of para-hydroxylation sites is 1. The fourth-order valence-corrected chi connectivity index (χ4v) is 2.61. The first-order valence-electron chi connectivity index (χ1n) is 6.42. The van der Waals surface area contributed by atoms with E-state index < -0.39 is 0 Å². The maximum absolute atomic E-state index is 4.63. The van der Waals surface area contributed by atoms with Gasteiger partial charge in [-0.25, -0.2) is 0 Å². The van der Waals surface area contributed by atoms with Crippen molar-refractivity contribution in [3.63, 3.8) is 0 Å². The second-order valence-corrected chi connectivity index (χ2v) is 4.88. The molecule has 0 aliphatic heterocycles. The average Bonchev–Trinajstić information content (AvgIpc) is 2.92. The van der Waals surface area contributed by atoms with Gasteiger partial charge in [0.15, 0.2) is 0 Å². The van der Waals surface area contributed by atoms with Crippen LogP contribution in [0.5, 0.6) is 0 Å². The molecule has 0 aliphatic carbocycles. The first-order valence-corrected chi connectivity index (χ1v) is 6.42. The van der Waals surface area contributed by atoms with Crippen LogP contribution in [0.1, 0.15) is 5.56 Å². The highest BCUT2D eigenvalue weighted by atomic mass is 15.3. The van der Waals surface area contributed by atoms with E-state index in [2.05, 4.69) is 58.7 Å². The van der Waals surface area contributed by atoms with Crippen LogP contribution in [0.3, 0.4) is 0 Å². The van der Waals surface area contributed by atoms with E-state index in [-0.39, 0.29) is 0 Å². The molecule has 0 radical (unpaired) electrons. The molecule has 0 aliphatic rings. The molecule has 0 fully saturated rings. The summed E-state index contributed by atoms with van der Waals surface area (Å²) >= 11 is 0. The Bertz CT molecular complexity index is 721. The Kier molecular flexibility index (Phi) is 2.87. The van der Waals surface area contributed by atoms with Crippen molar-refractivity contribution < 1.29 is 0 Å². The molecule has 1 aromatic carbocycles. The predicted octanol–water partition coefficient (Wildman–Crippen LogP) is 2.30. The molecular formula is C15H18N4. The lowest BCUT2D eigenvalue weighted by Crippen LogP contribution is -2.05. The van der Waals surface area contributed by atoms with E-state index in [1.165, 1.54) is 22.0 Å². The number of hydrogen-bond donors (Lipinski definition) is 1. The van der Waals surface area contributed by atoms with Crippen LogP contribution in [0, 0.1) is 0 Å². The summed E-state index contributed by atoms with van der Waals surface area (Å²) in [7, 11) is 6.00. The van der Waals surface area contributed by atoms with Gasteiger partial charge in [-0.1, -0.05) is 18.2 Å². The van der Waals surface area contributed by atoms with Crippen molar-refractivity contribution in [3.8, 4) is 11.3 Å². The highest BCUT2D eigenvalue weighted by Crippen LogP contribution is 2.31. The van der Waals surface area contributed by atoms with Crippen molar-refractivity contribution >= 4 is 10.9 Å². The summed E-state index contributed by atoms with van der Waals surface area (Å²) in [5, 5.41) is 9.08. The third kappa shape index (κ3) is 1.94. The van der Waals surface area contributed by atoms with Crippen LogP contribution in [0.2, 0.25) is 0 Å². The SMILES string of the molecule is CNCc1cn(C)nc1-c1cn(C)c2ccccc12. The molecule has 2 heterocycles. The van der Waals surface area contributed by atoms with Gasteiger partial charge in [0.05, 0.1) is 5.69 Å². The van der Waals surface area contributed by atoms with Gasteiger partial charge >= 0.3 is 0 Å². The van der Waals surface area contributed by atoms with Crippen molar-refractivity contribution in [2.24, 2.45) is 14.1 Å². The maximum atomic E-state index is 4.63. The van der Waals surface area contributed by atoms with Gasteiger partial charge in [-0.2, -0.15) is 5.10 Å². The fraction of sp³-hybridized carbons (Fsp3) is 0.267. The van der Waals surface area contributed by atoms with E-state index in [0.717, 1.165) is 12.2 Å². The first kappa shape index (κ1) is 12.0. The average molecular weight is 254 g/mol. The van der Waals surface area contributed by atoms with E-state index in [1.54, 1.807) is 0 Å². The van der Waals surface area contributed by atoms with Crippen LogP contribution >= 0.6 is 0 Å². The summed E-state index contributed by atoms with van der Waals surface area (Å²) < 4.78 is 4.03. The molecule has 98 valence electrons. The molecule has 19 heavy (non-hydrogen) atoms. The third-order valence-electron chi connectivity index (χ3n) is 3.42. The zero-order valence-electron chi connectivity index (χ0n) is 11.5. The van der Waals surface area contributed by atoms with Crippen LogP contribution in [0.25, 0.3) is 22.2 Å². The minimum atomic E-state index is 0.826. The second-order valence-electron chi connectivity index (χ2n) is 4.88. The standard InChI is InChI=1S/C15H18N4/c1-16-8-11-9-19(3)17-15(11)13-10-18(2)14-7-5-4-6-12(13)14/h4-7,9-10,16H,8H2,1-3H3. The number of benzene rings is 1. The minimum absolute atomic E-state index is 0.826. The Labute approximate surface area is 112 Å². The highest BCUT2D eigenvalue weighted by Gasteiger charge is 2.14. The van der Waals surface area contributed by atoms with Crippen LogP contribution in [-0.2, 0) is 20.6 Å². The van der Waals surface area contributed by atoms with Gasteiger partial charge in [0.2, 0.25) is 0 Å². The smallest absolute Gasteiger partial charge is 0.0989 e. The third-order valence-corrected chi connectivity index (χ3v) is 3.42. The highest BCUT2D eigenvalue weighted by molar-refractivity contribution is 5.95. The number of hydrogen-bond acceptors (Lipinski definition) is 2. The molecule has 3 aromatic rings. The van der Waals surface area contributed by atoms with Gasteiger partial charge in [-0.3, -0.25) is 4.68 Å². The van der Waals surface area contributed by atoms with E-state index >= 15 is 0 Å². The van der Waals surface area contributed by atoms with Crippen LogP contribution < -0.4 is 5.32 Å². The Morgan fingerprint density at radius 3 is 2.74 bits per heavy atom. The molecule has 0 saturated carbocycles. The summed E-state index contributed by atoms with van der Waals surface area (Å²) in [4.78, 5) is 0. The monoisotopic (exact) mass is 254 g/mol. The summed E-state index contributed by atoms with van der Waals surface area (Å²) in [6.07, 6.45) is 4.24. The number of nitrogens with one attached hydrogen (secondary N) is 1. The molecule has 0 spiro atoms. The zero-order chi connectivity index (χ0) is 13.4. The van der Waals surface area contributed by atoms with Crippen LogP contribution in [-0.4, -0.2) is 21.4 Å². The van der Waals surface area contributed by atoms with E-state index in [9.17, 15) is 0 Å². The lowest BCUT2D eigenvalue weighted by molar-refractivity contribution is 0.765. The molecule has 0 amide bonds. The summed E-state index contributed by atoms with van der Waals surface area (Å²) in [5.41, 5.74) is 4.72. The molecule has 4 nitrogen and oxygen atoms in total.